The fourth-order valence-corrected chi connectivity index (χ4v) is 4.67. The van der Waals surface area contributed by atoms with Gasteiger partial charge in [0.15, 0.2) is 6.10 Å². The molecule has 1 aliphatic rings. The maximum absolute atomic E-state index is 13.3. The molecule has 1 aliphatic heterocycles. The van der Waals surface area contributed by atoms with E-state index in [0.29, 0.717) is 11.4 Å². The van der Waals surface area contributed by atoms with E-state index in [-0.39, 0.29) is 23.4 Å². The molecule has 1 atom stereocenters. The van der Waals surface area contributed by atoms with Crippen molar-refractivity contribution in [3.63, 3.8) is 0 Å². The van der Waals surface area contributed by atoms with Crippen LogP contribution >= 0.6 is 0 Å². The quantitative estimate of drug-likeness (QED) is 0.805. The summed E-state index contributed by atoms with van der Waals surface area (Å²) in [6.45, 7) is 5.83. The average molecular weight is 403 g/mol. The van der Waals surface area contributed by atoms with Gasteiger partial charge in [0.1, 0.15) is 5.75 Å². The molecule has 0 saturated heterocycles. The lowest BCUT2D eigenvalue weighted by Gasteiger charge is -2.35. The highest BCUT2D eigenvalue weighted by atomic mass is 32.2. The van der Waals surface area contributed by atoms with E-state index in [1.807, 2.05) is 20.8 Å². The van der Waals surface area contributed by atoms with E-state index in [4.69, 9.17) is 4.74 Å². The van der Waals surface area contributed by atoms with Crippen LogP contribution in [0.3, 0.4) is 0 Å². The van der Waals surface area contributed by atoms with Crippen LogP contribution in [0.4, 0.5) is 5.69 Å². The zero-order chi connectivity index (χ0) is 20.3. The summed E-state index contributed by atoms with van der Waals surface area (Å²) in [6.07, 6.45) is 0.698. The SMILES string of the molecule is CCC(CC)NC(=O)C1CN(S(=O)(=O)c2ccc(C)cc2)c2ccccc2O1. The molecule has 2 aromatic carbocycles. The third-order valence-corrected chi connectivity index (χ3v) is 6.76. The molecule has 1 heterocycles. The minimum atomic E-state index is -3.82. The number of para-hydroxylation sites is 2. The van der Waals surface area contributed by atoms with Crippen LogP contribution in [-0.4, -0.2) is 33.0 Å². The zero-order valence-electron chi connectivity index (χ0n) is 16.4. The van der Waals surface area contributed by atoms with Gasteiger partial charge in [0.25, 0.3) is 15.9 Å². The lowest BCUT2D eigenvalue weighted by Crippen LogP contribution is -2.52. The predicted molar refractivity (Wildman–Crippen MR) is 109 cm³/mol. The molecule has 7 heteroatoms. The Morgan fingerprint density at radius 3 is 2.43 bits per heavy atom. The molecule has 1 N–H and O–H groups in total. The summed E-state index contributed by atoms with van der Waals surface area (Å²) in [7, 11) is -3.82. The summed E-state index contributed by atoms with van der Waals surface area (Å²) in [5.41, 5.74) is 1.42. The van der Waals surface area contributed by atoms with Gasteiger partial charge >= 0.3 is 0 Å². The van der Waals surface area contributed by atoms with Crippen LogP contribution in [-0.2, 0) is 14.8 Å². The standard InChI is InChI=1S/C21H26N2O4S/c1-4-16(5-2)22-21(24)20-14-23(18-8-6-7-9-19(18)27-20)28(25,26)17-12-10-15(3)11-13-17/h6-13,16,20H,4-5,14H2,1-3H3,(H,22,24). The molecule has 0 radical (unpaired) electrons. The lowest BCUT2D eigenvalue weighted by atomic mass is 10.1. The van der Waals surface area contributed by atoms with Gasteiger partial charge < -0.3 is 10.1 Å². The molecule has 2 aromatic rings. The van der Waals surface area contributed by atoms with Gasteiger partial charge in [-0.3, -0.25) is 9.10 Å². The lowest BCUT2D eigenvalue weighted by molar-refractivity contribution is -0.128. The Morgan fingerprint density at radius 1 is 1.14 bits per heavy atom. The molecule has 150 valence electrons. The van der Waals surface area contributed by atoms with Crippen LogP contribution in [0.25, 0.3) is 0 Å². The Morgan fingerprint density at radius 2 is 1.79 bits per heavy atom. The first kappa shape index (κ1) is 20.2. The molecule has 1 amide bonds. The first-order valence-electron chi connectivity index (χ1n) is 9.52. The van der Waals surface area contributed by atoms with Crippen molar-refractivity contribution in [2.75, 3.05) is 10.8 Å². The molecule has 0 fully saturated rings. The first-order valence-corrected chi connectivity index (χ1v) is 11.0. The van der Waals surface area contributed by atoms with Gasteiger partial charge in [-0.25, -0.2) is 8.42 Å². The van der Waals surface area contributed by atoms with Crippen LogP contribution in [0.2, 0.25) is 0 Å². The third kappa shape index (κ3) is 3.99. The second-order valence-corrected chi connectivity index (χ2v) is 8.81. The fraction of sp³-hybridized carbons (Fsp3) is 0.381. The number of fused-ring (bicyclic) bond motifs is 1. The molecular weight excluding hydrogens is 376 g/mol. The number of nitrogens with one attached hydrogen (secondary N) is 1. The number of aryl methyl sites for hydroxylation is 1. The monoisotopic (exact) mass is 402 g/mol. The molecule has 6 nitrogen and oxygen atoms in total. The number of nitrogens with zero attached hydrogens (tertiary/aromatic N) is 1. The van der Waals surface area contributed by atoms with E-state index in [9.17, 15) is 13.2 Å². The van der Waals surface area contributed by atoms with E-state index in [0.717, 1.165) is 18.4 Å². The number of hydrogen-bond acceptors (Lipinski definition) is 4. The van der Waals surface area contributed by atoms with Crippen molar-refractivity contribution in [2.24, 2.45) is 0 Å². The van der Waals surface area contributed by atoms with Gasteiger partial charge in [-0.1, -0.05) is 43.7 Å². The molecule has 0 spiro atoms. The van der Waals surface area contributed by atoms with Gasteiger partial charge in [0, 0.05) is 6.04 Å². The minimum Gasteiger partial charge on any atom is -0.476 e. The molecule has 0 saturated carbocycles. The fourth-order valence-electron chi connectivity index (χ4n) is 3.19. The summed E-state index contributed by atoms with van der Waals surface area (Å²) >= 11 is 0. The Kier molecular flexibility index (Phi) is 5.93. The highest BCUT2D eigenvalue weighted by Gasteiger charge is 2.37. The van der Waals surface area contributed by atoms with Crippen molar-refractivity contribution >= 4 is 21.6 Å². The van der Waals surface area contributed by atoms with E-state index in [2.05, 4.69) is 5.32 Å². The van der Waals surface area contributed by atoms with Crippen LogP contribution in [0.1, 0.15) is 32.3 Å². The number of benzene rings is 2. The molecule has 1 unspecified atom stereocenters. The van der Waals surface area contributed by atoms with Gasteiger partial charge in [-0.2, -0.15) is 0 Å². The third-order valence-electron chi connectivity index (χ3n) is 4.97. The molecule has 28 heavy (non-hydrogen) atoms. The maximum atomic E-state index is 13.3. The van der Waals surface area contributed by atoms with Crippen molar-refractivity contribution in [3.8, 4) is 5.75 Å². The van der Waals surface area contributed by atoms with Gasteiger partial charge in [-0.15, -0.1) is 0 Å². The number of carbonyl (C=O) groups is 1. The number of carbonyl (C=O) groups excluding carboxylic acids is 1. The van der Waals surface area contributed by atoms with Crippen molar-refractivity contribution in [3.05, 3.63) is 54.1 Å². The van der Waals surface area contributed by atoms with Crippen molar-refractivity contribution in [1.82, 2.24) is 5.32 Å². The van der Waals surface area contributed by atoms with Crippen LogP contribution < -0.4 is 14.4 Å². The molecular formula is C21H26N2O4S. The Balaban J connectivity index is 1.95. The molecule has 0 aromatic heterocycles. The number of ether oxygens (including phenoxy) is 1. The van der Waals surface area contributed by atoms with E-state index < -0.39 is 16.1 Å². The summed E-state index contributed by atoms with van der Waals surface area (Å²) in [5.74, 6) is 0.0847. The highest BCUT2D eigenvalue weighted by molar-refractivity contribution is 7.92. The Bertz CT molecular complexity index is 937. The number of hydrogen-bond donors (Lipinski definition) is 1. The second kappa shape index (κ2) is 8.22. The van der Waals surface area contributed by atoms with Crippen LogP contribution in [0.5, 0.6) is 5.75 Å². The minimum absolute atomic E-state index is 0.0374. The highest BCUT2D eigenvalue weighted by Crippen LogP contribution is 2.36. The Labute approximate surface area is 166 Å². The number of rotatable bonds is 6. The van der Waals surface area contributed by atoms with E-state index in [1.54, 1.807) is 48.5 Å². The summed E-state index contributed by atoms with van der Waals surface area (Å²) in [6, 6.07) is 13.6. The van der Waals surface area contributed by atoms with Gasteiger partial charge in [0.2, 0.25) is 0 Å². The van der Waals surface area contributed by atoms with Gasteiger partial charge in [-0.05, 0) is 44.0 Å². The molecule has 0 bridgehead atoms. The predicted octanol–water partition coefficient (Wildman–Crippen LogP) is 3.26. The first-order chi connectivity index (χ1) is 13.4. The summed E-state index contributed by atoms with van der Waals surface area (Å²) in [4.78, 5) is 12.9. The average Bonchev–Trinajstić information content (AvgIpc) is 2.71. The van der Waals surface area contributed by atoms with Crippen LogP contribution in [0.15, 0.2) is 53.4 Å². The largest absolute Gasteiger partial charge is 0.476 e. The number of sulfonamides is 1. The van der Waals surface area contributed by atoms with E-state index >= 15 is 0 Å². The van der Waals surface area contributed by atoms with Crippen molar-refractivity contribution < 1.29 is 17.9 Å². The normalized spacial score (nSPS) is 16.4. The van der Waals surface area contributed by atoms with Crippen LogP contribution in [0, 0.1) is 6.92 Å². The topological polar surface area (TPSA) is 75.7 Å². The molecule has 3 rings (SSSR count). The van der Waals surface area contributed by atoms with Crippen molar-refractivity contribution in [1.29, 1.82) is 0 Å². The van der Waals surface area contributed by atoms with Crippen molar-refractivity contribution in [2.45, 2.75) is 50.7 Å². The molecule has 0 aliphatic carbocycles. The van der Waals surface area contributed by atoms with E-state index in [1.165, 1.54) is 4.31 Å². The summed E-state index contributed by atoms with van der Waals surface area (Å²) in [5, 5.41) is 2.95. The van der Waals surface area contributed by atoms with Gasteiger partial charge in [0.05, 0.1) is 17.1 Å². The smallest absolute Gasteiger partial charge is 0.264 e. The number of anilines is 1. The maximum Gasteiger partial charge on any atom is 0.264 e. The summed E-state index contributed by atoms with van der Waals surface area (Å²) < 4.78 is 33.7. The Hall–Kier alpha value is -2.54. The zero-order valence-corrected chi connectivity index (χ0v) is 17.2. The number of amides is 1. The second-order valence-electron chi connectivity index (χ2n) is 6.95.